The molecule has 3 N–H and O–H groups in total. The van der Waals surface area contributed by atoms with Crippen LogP contribution in [0.2, 0.25) is 5.02 Å². The van der Waals surface area contributed by atoms with E-state index in [9.17, 15) is 14.9 Å². The third-order valence-corrected chi connectivity index (χ3v) is 3.73. The summed E-state index contributed by atoms with van der Waals surface area (Å²) in [6.07, 6.45) is 0. The summed E-state index contributed by atoms with van der Waals surface area (Å²) in [5.41, 5.74) is 4.69. The molecule has 1 rings (SSSR count). The predicted octanol–water partition coefficient (Wildman–Crippen LogP) is 2.35. The number of nitrogens with zero attached hydrogens (tertiary/aromatic N) is 1. The lowest BCUT2D eigenvalue weighted by Gasteiger charge is -2.33. The molecule has 0 aliphatic heterocycles. The van der Waals surface area contributed by atoms with Crippen LogP contribution in [0.4, 0.5) is 5.69 Å². The molecule has 0 saturated heterocycles. The van der Waals surface area contributed by atoms with Gasteiger partial charge in [-0.15, -0.1) is 0 Å². The molecule has 0 spiro atoms. The Bertz CT molecular complexity index is 534. The Morgan fingerprint density at radius 3 is 2.60 bits per heavy atom. The normalized spacial score (nSPS) is 13.9. The second-order valence-electron chi connectivity index (χ2n) is 5.15. The molecule has 1 unspecified atom stereocenters. The fraction of sp³-hybridized carbons (Fsp3) is 0.462. The van der Waals surface area contributed by atoms with Gasteiger partial charge >= 0.3 is 0 Å². The van der Waals surface area contributed by atoms with Crippen LogP contribution in [0, 0.1) is 16.0 Å². The molecule has 0 radical (unpaired) electrons. The Labute approximate surface area is 122 Å². The van der Waals surface area contributed by atoms with Crippen LogP contribution in [0.5, 0.6) is 0 Å². The first-order valence-electron chi connectivity index (χ1n) is 6.18. The highest BCUT2D eigenvalue weighted by Crippen LogP contribution is 2.24. The van der Waals surface area contributed by atoms with Crippen molar-refractivity contribution in [2.75, 3.05) is 6.54 Å². The molecule has 1 aromatic carbocycles. The number of hydrogen-bond donors (Lipinski definition) is 2. The zero-order valence-electron chi connectivity index (χ0n) is 11.6. The maximum atomic E-state index is 12.3. The van der Waals surface area contributed by atoms with Gasteiger partial charge in [0, 0.05) is 17.6 Å². The first-order chi connectivity index (χ1) is 9.21. The van der Waals surface area contributed by atoms with Gasteiger partial charge in [0.25, 0.3) is 11.6 Å². The maximum Gasteiger partial charge on any atom is 0.282 e. The highest BCUT2D eigenvalue weighted by molar-refractivity contribution is 6.31. The van der Waals surface area contributed by atoms with Crippen molar-refractivity contribution in [3.8, 4) is 0 Å². The van der Waals surface area contributed by atoms with Crippen LogP contribution < -0.4 is 11.1 Å². The fourth-order valence-corrected chi connectivity index (χ4v) is 1.78. The summed E-state index contributed by atoms with van der Waals surface area (Å²) < 4.78 is 0. The number of halogens is 1. The zero-order valence-corrected chi connectivity index (χ0v) is 12.4. The Morgan fingerprint density at radius 1 is 1.55 bits per heavy atom. The summed E-state index contributed by atoms with van der Waals surface area (Å²) in [7, 11) is 0. The second kappa shape index (κ2) is 6.19. The molecule has 1 atom stereocenters. The van der Waals surface area contributed by atoms with E-state index in [1.165, 1.54) is 18.2 Å². The lowest BCUT2D eigenvalue weighted by atomic mass is 9.88. The standard InChI is InChI=1S/C13H18ClN3O3/c1-8(2)13(3,7-15)16-12(18)10-6-9(14)4-5-11(10)17(19)20/h4-6,8H,7,15H2,1-3H3,(H,16,18). The van der Waals surface area contributed by atoms with Gasteiger partial charge in [0.05, 0.1) is 10.5 Å². The Balaban J connectivity index is 3.15. The van der Waals surface area contributed by atoms with Gasteiger partial charge in [-0.3, -0.25) is 14.9 Å². The smallest absolute Gasteiger partial charge is 0.282 e. The topological polar surface area (TPSA) is 98.3 Å². The van der Waals surface area contributed by atoms with Crippen molar-refractivity contribution < 1.29 is 9.72 Å². The molecule has 1 amide bonds. The molecule has 20 heavy (non-hydrogen) atoms. The summed E-state index contributed by atoms with van der Waals surface area (Å²) in [4.78, 5) is 22.6. The molecule has 7 heteroatoms. The number of carbonyl (C=O) groups is 1. The number of benzene rings is 1. The molecule has 0 aliphatic carbocycles. The van der Waals surface area contributed by atoms with Gasteiger partial charge in [-0.25, -0.2) is 0 Å². The fourth-order valence-electron chi connectivity index (χ4n) is 1.61. The Morgan fingerprint density at radius 2 is 2.15 bits per heavy atom. The molecule has 0 aliphatic rings. The third-order valence-electron chi connectivity index (χ3n) is 3.50. The van der Waals surface area contributed by atoms with Crippen LogP contribution in [0.1, 0.15) is 31.1 Å². The molecule has 0 saturated carbocycles. The zero-order chi connectivity index (χ0) is 15.5. The predicted molar refractivity (Wildman–Crippen MR) is 77.9 cm³/mol. The van der Waals surface area contributed by atoms with Crippen molar-refractivity contribution in [3.05, 3.63) is 38.9 Å². The summed E-state index contributed by atoms with van der Waals surface area (Å²) in [6.45, 7) is 5.86. The largest absolute Gasteiger partial charge is 0.345 e. The molecular formula is C13H18ClN3O3. The van der Waals surface area contributed by atoms with E-state index < -0.39 is 16.4 Å². The van der Waals surface area contributed by atoms with Crippen molar-refractivity contribution in [2.45, 2.75) is 26.3 Å². The summed E-state index contributed by atoms with van der Waals surface area (Å²) >= 11 is 5.81. The minimum atomic E-state index is -0.646. The van der Waals surface area contributed by atoms with E-state index in [2.05, 4.69) is 5.32 Å². The number of nitrogens with two attached hydrogens (primary N) is 1. The average molecular weight is 300 g/mol. The highest BCUT2D eigenvalue weighted by Gasteiger charge is 2.31. The van der Waals surface area contributed by atoms with Crippen LogP contribution in [0.25, 0.3) is 0 Å². The van der Waals surface area contributed by atoms with Crippen LogP contribution in [0.3, 0.4) is 0 Å². The van der Waals surface area contributed by atoms with Crippen LogP contribution in [-0.4, -0.2) is 22.9 Å². The minimum absolute atomic E-state index is 0.0668. The molecular weight excluding hydrogens is 282 g/mol. The van der Waals surface area contributed by atoms with Gasteiger partial charge in [-0.2, -0.15) is 0 Å². The van der Waals surface area contributed by atoms with E-state index in [1.807, 2.05) is 13.8 Å². The summed E-state index contributed by atoms with van der Waals surface area (Å²) in [5.74, 6) is -0.476. The number of carbonyl (C=O) groups excluding carboxylic acids is 1. The monoisotopic (exact) mass is 299 g/mol. The lowest BCUT2D eigenvalue weighted by molar-refractivity contribution is -0.385. The Hall–Kier alpha value is -1.66. The molecule has 6 nitrogen and oxygen atoms in total. The molecule has 0 bridgehead atoms. The number of nitro benzene ring substituents is 1. The second-order valence-corrected chi connectivity index (χ2v) is 5.59. The third kappa shape index (κ3) is 3.46. The quantitative estimate of drug-likeness (QED) is 0.644. The van der Waals surface area contributed by atoms with Crippen molar-refractivity contribution >= 4 is 23.2 Å². The first kappa shape index (κ1) is 16.4. The van der Waals surface area contributed by atoms with E-state index in [-0.39, 0.29) is 28.7 Å². The van der Waals surface area contributed by atoms with Crippen LogP contribution in [0.15, 0.2) is 18.2 Å². The average Bonchev–Trinajstić information content (AvgIpc) is 2.37. The molecule has 110 valence electrons. The number of hydrogen-bond acceptors (Lipinski definition) is 4. The lowest BCUT2D eigenvalue weighted by Crippen LogP contribution is -2.55. The van der Waals surface area contributed by atoms with E-state index in [0.29, 0.717) is 0 Å². The molecule has 0 fully saturated rings. The number of nitrogens with one attached hydrogen (secondary N) is 1. The van der Waals surface area contributed by atoms with E-state index >= 15 is 0 Å². The van der Waals surface area contributed by atoms with Gasteiger partial charge in [0.2, 0.25) is 0 Å². The molecule has 0 aromatic heterocycles. The Kier molecular flexibility index (Phi) is 5.08. The van der Waals surface area contributed by atoms with Crippen LogP contribution in [-0.2, 0) is 0 Å². The van der Waals surface area contributed by atoms with Gasteiger partial charge < -0.3 is 11.1 Å². The maximum absolute atomic E-state index is 12.3. The van der Waals surface area contributed by atoms with Crippen molar-refractivity contribution in [2.24, 2.45) is 11.7 Å². The number of nitro groups is 1. The van der Waals surface area contributed by atoms with E-state index in [0.717, 1.165) is 0 Å². The van der Waals surface area contributed by atoms with Gasteiger partial charge in [-0.1, -0.05) is 25.4 Å². The van der Waals surface area contributed by atoms with Gasteiger partial charge in [0.15, 0.2) is 0 Å². The van der Waals surface area contributed by atoms with E-state index in [1.54, 1.807) is 6.92 Å². The summed E-state index contributed by atoms with van der Waals surface area (Å²) in [5, 5.41) is 14.0. The minimum Gasteiger partial charge on any atom is -0.345 e. The molecule has 0 heterocycles. The highest BCUT2D eigenvalue weighted by atomic mass is 35.5. The number of amides is 1. The van der Waals surface area contributed by atoms with E-state index in [4.69, 9.17) is 17.3 Å². The van der Waals surface area contributed by atoms with Gasteiger partial charge in [-0.05, 0) is 25.0 Å². The van der Waals surface area contributed by atoms with Crippen molar-refractivity contribution in [3.63, 3.8) is 0 Å². The number of rotatable bonds is 5. The SMILES string of the molecule is CC(C)C(C)(CN)NC(=O)c1cc(Cl)ccc1[N+](=O)[O-]. The van der Waals surface area contributed by atoms with Crippen molar-refractivity contribution in [1.82, 2.24) is 5.32 Å². The van der Waals surface area contributed by atoms with Crippen LogP contribution >= 0.6 is 11.6 Å². The first-order valence-corrected chi connectivity index (χ1v) is 6.55. The van der Waals surface area contributed by atoms with Crippen molar-refractivity contribution in [1.29, 1.82) is 0 Å². The van der Waals surface area contributed by atoms with Gasteiger partial charge in [0.1, 0.15) is 5.56 Å². The molecule has 1 aromatic rings. The summed E-state index contributed by atoms with van der Waals surface area (Å²) in [6, 6.07) is 3.87.